The molecule has 4 heterocycles. The van der Waals surface area contributed by atoms with Gasteiger partial charge in [0.15, 0.2) is 17.5 Å². The van der Waals surface area contributed by atoms with Gasteiger partial charge in [-0.1, -0.05) is 121 Å². The lowest BCUT2D eigenvalue weighted by atomic mass is 9.97. The zero-order valence-corrected chi connectivity index (χ0v) is 30.4. The van der Waals surface area contributed by atoms with Crippen molar-refractivity contribution < 1.29 is 8.83 Å². The van der Waals surface area contributed by atoms with Gasteiger partial charge in [0.2, 0.25) is 0 Å². The first-order valence-corrected chi connectivity index (χ1v) is 19.0. The summed E-state index contributed by atoms with van der Waals surface area (Å²) in [5.41, 5.74) is 11.4. The summed E-state index contributed by atoms with van der Waals surface area (Å²) < 4.78 is 15.4. The molecule has 4 aromatic heterocycles. The number of hydrogen-bond acceptors (Lipinski definition) is 5. The summed E-state index contributed by atoms with van der Waals surface area (Å²) in [4.78, 5) is 15.1. The van der Waals surface area contributed by atoms with Crippen LogP contribution in [0.25, 0.3) is 117 Å². The van der Waals surface area contributed by atoms with Crippen molar-refractivity contribution in [2.24, 2.45) is 0 Å². The Bertz CT molecular complexity index is 3530. The molecular formula is C51H30N4O2. The fraction of sp³-hybridized carbons (Fsp3) is 0. The Morgan fingerprint density at radius 2 is 1.00 bits per heavy atom. The van der Waals surface area contributed by atoms with E-state index in [4.69, 9.17) is 23.8 Å². The van der Waals surface area contributed by atoms with E-state index in [-0.39, 0.29) is 0 Å². The van der Waals surface area contributed by atoms with E-state index in [1.807, 2.05) is 72.8 Å². The van der Waals surface area contributed by atoms with Crippen LogP contribution in [0.4, 0.5) is 0 Å². The third-order valence-corrected chi connectivity index (χ3v) is 11.1. The van der Waals surface area contributed by atoms with Crippen LogP contribution in [-0.4, -0.2) is 19.5 Å². The Morgan fingerprint density at radius 1 is 0.351 bits per heavy atom. The lowest BCUT2D eigenvalue weighted by molar-refractivity contribution is 0.668. The second-order valence-electron chi connectivity index (χ2n) is 14.4. The monoisotopic (exact) mass is 730 g/mol. The number of nitrogens with zero attached hydrogens (tertiary/aromatic N) is 4. The SMILES string of the molecule is c1ccc(-c2nc(-c3ccc4c(c3)oc3cccc(-c5ccc6c(c5)c5ccccc5n6-c5ccccc5)c34)nc(-c3cccc4c3oc3ccccc34)n2)cc1. The Hall–Kier alpha value is -7.83. The van der Waals surface area contributed by atoms with Crippen LogP contribution in [-0.2, 0) is 0 Å². The van der Waals surface area contributed by atoms with E-state index in [0.717, 1.165) is 77.4 Å². The number of benzene rings is 8. The molecule has 0 aliphatic rings. The summed E-state index contributed by atoms with van der Waals surface area (Å²) in [5, 5.41) is 6.60. The molecule has 12 rings (SSSR count). The maximum absolute atomic E-state index is 6.63. The number of para-hydroxylation sites is 4. The van der Waals surface area contributed by atoms with E-state index < -0.39 is 0 Å². The molecule has 0 saturated heterocycles. The maximum atomic E-state index is 6.63. The van der Waals surface area contributed by atoms with Crippen LogP contribution in [0.5, 0.6) is 0 Å². The Kier molecular flexibility index (Phi) is 6.83. The molecule has 0 unspecified atom stereocenters. The quantitative estimate of drug-likeness (QED) is 0.176. The molecule has 57 heavy (non-hydrogen) atoms. The summed E-state index contributed by atoms with van der Waals surface area (Å²) in [7, 11) is 0. The van der Waals surface area contributed by atoms with Gasteiger partial charge in [0, 0.05) is 49.1 Å². The Balaban J connectivity index is 1.02. The molecule has 0 saturated carbocycles. The third kappa shape index (κ3) is 4.94. The topological polar surface area (TPSA) is 69.9 Å². The molecule has 266 valence electrons. The van der Waals surface area contributed by atoms with Crippen LogP contribution in [0.1, 0.15) is 0 Å². The van der Waals surface area contributed by atoms with Crippen molar-refractivity contribution >= 4 is 65.7 Å². The highest BCUT2D eigenvalue weighted by Gasteiger charge is 2.20. The lowest BCUT2D eigenvalue weighted by Crippen LogP contribution is -2.00. The van der Waals surface area contributed by atoms with Crippen molar-refractivity contribution in [3.05, 3.63) is 182 Å². The molecule has 0 radical (unpaired) electrons. The first kappa shape index (κ1) is 31.5. The fourth-order valence-electron chi connectivity index (χ4n) is 8.47. The molecule has 8 aromatic carbocycles. The molecule has 0 N–H and O–H groups in total. The van der Waals surface area contributed by atoms with Gasteiger partial charge in [0.05, 0.1) is 16.6 Å². The lowest BCUT2D eigenvalue weighted by Gasteiger charge is -2.09. The Morgan fingerprint density at radius 3 is 1.88 bits per heavy atom. The van der Waals surface area contributed by atoms with Gasteiger partial charge in [0.1, 0.15) is 22.3 Å². The summed E-state index contributed by atoms with van der Waals surface area (Å²) in [6.07, 6.45) is 0. The molecule has 0 aliphatic heterocycles. The minimum absolute atomic E-state index is 0.541. The van der Waals surface area contributed by atoms with Crippen LogP contribution in [0, 0.1) is 0 Å². The van der Waals surface area contributed by atoms with Crippen LogP contribution in [0.15, 0.2) is 191 Å². The minimum Gasteiger partial charge on any atom is -0.456 e. The minimum atomic E-state index is 0.541. The van der Waals surface area contributed by atoms with E-state index in [9.17, 15) is 0 Å². The van der Waals surface area contributed by atoms with Gasteiger partial charge in [-0.05, 0) is 71.8 Å². The average molecular weight is 731 g/mol. The molecule has 0 fully saturated rings. The van der Waals surface area contributed by atoms with Crippen molar-refractivity contribution in [2.75, 3.05) is 0 Å². The molecule has 0 spiro atoms. The summed E-state index contributed by atoms with van der Waals surface area (Å²) >= 11 is 0. The van der Waals surface area contributed by atoms with E-state index in [1.165, 1.54) is 21.8 Å². The number of furan rings is 2. The van der Waals surface area contributed by atoms with Gasteiger partial charge in [0.25, 0.3) is 0 Å². The zero-order chi connectivity index (χ0) is 37.5. The number of aromatic nitrogens is 4. The predicted octanol–water partition coefficient (Wildman–Crippen LogP) is 13.4. The molecular weight excluding hydrogens is 701 g/mol. The largest absolute Gasteiger partial charge is 0.456 e. The predicted molar refractivity (Wildman–Crippen MR) is 230 cm³/mol. The second-order valence-corrected chi connectivity index (χ2v) is 14.4. The summed E-state index contributed by atoms with van der Waals surface area (Å²) in [6.45, 7) is 0. The molecule has 0 aliphatic carbocycles. The molecule has 6 heteroatoms. The highest BCUT2D eigenvalue weighted by Crippen LogP contribution is 2.41. The summed E-state index contributed by atoms with van der Waals surface area (Å²) in [5.74, 6) is 1.68. The average Bonchev–Trinajstić information content (AvgIpc) is 3.96. The highest BCUT2D eigenvalue weighted by molar-refractivity contribution is 6.15. The maximum Gasteiger partial charge on any atom is 0.167 e. The van der Waals surface area contributed by atoms with Gasteiger partial charge >= 0.3 is 0 Å². The van der Waals surface area contributed by atoms with Crippen LogP contribution in [0.2, 0.25) is 0 Å². The van der Waals surface area contributed by atoms with Gasteiger partial charge in [-0.25, -0.2) is 15.0 Å². The standard InChI is InChI=1S/C51H30N4O2/c1-3-13-31(14-4-1)49-52-50(54-51(53-49)40-21-11-20-38-37-18-8-10-23-44(37)57-48(38)40)33-25-27-39-46(30-33)56-45-24-12-19-35(47(39)45)32-26-28-43-41(29-32)36-17-7-9-22-42(36)55(43)34-15-5-2-6-16-34/h1-30H. The molecule has 0 amide bonds. The van der Waals surface area contributed by atoms with Crippen molar-refractivity contribution in [3.8, 4) is 51.0 Å². The van der Waals surface area contributed by atoms with Crippen molar-refractivity contribution in [2.45, 2.75) is 0 Å². The van der Waals surface area contributed by atoms with Gasteiger partial charge in [-0.15, -0.1) is 0 Å². The molecule has 0 atom stereocenters. The summed E-state index contributed by atoms with van der Waals surface area (Å²) in [6, 6.07) is 62.8. The number of rotatable bonds is 5. The van der Waals surface area contributed by atoms with Crippen molar-refractivity contribution in [3.63, 3.8) is 0 Å². The van der Waals surface area contributed by atoms with Gasteiger partial charge in [-0.2, -0.15) is 0 Å². The normalized spacial score (nSPS) is 11.9. The first-order valence-electron chi connectivity index (χ1n) is 19.0. The van der Waals surface area contributed by atoms with E-state index in [1.54, 1.807) is 0 Å². The van der Waals surface area contributed by atoms with Crippen molar-refractivity contribution in [1.29, 1.82) is 0 Å². The molecule has 0 bridgehead atoms. The Labute approximate surface area is 325 Å². The van der Waals surface area contributed by atoms with Crippen LogP contribution < -0.4 is 0 Å². The van der Waals surface area contributed by atoms with Gasteiger partial charge in [-0.3, -0.25) is 0 Å². The van der Waals surface area contributed by atoms with Crippen LogP contribution in [0.3, 0.4) is 0 Å². The first-order chi connectivity index (χ1) is 28.2. The van der Waals surface area contributed by atoms with E-state index in [0.29, 0.717) is 17.5 Å². The smallest absolute Gasteiger partial charge is 0.167 e. The molecule has 6 nitrogen and oxygen atoms in total. The van der Waals surface area contributed by atoms with Gasteiger partial charge < -0.3 is 13.4 Å². The second kappa shape index (κ2) is 12.3. The third-order valence-electron chi connectivity index (χ3n) is 11.1. The zero-order valence-electron chi connectivity index (χ0n) is 30.4. The highest BCUT2D eigenvalue weighted by atomic mass is 16.3. The van der Waals surface area contributed by atoms with Crippen molar-refractivity contribution in [1.82, 2.24) is 19.5 Å². The number of fused-ring (bicyclic) bond motifs is 9. The van der Waals surface area contributed by atoms with Crippen LogP contribution >= 0.6 is 0 Å². The molecule has 12 aromatic rings. The number of hydrogen-bond donors (Lipinski definition) is 0. The van der Waals surface area contributed by atoms with E-state index >= 15 is 0 Å². The fourth-order valence-corrected chi connectivity index (χ4v) is 8.47. The van der Waals surface area contributed by atoms with E-state index in [2.05, 4.69) is 114 Å².